The molecule has 2 aromatic rings. The normalized spacial score (nSPS) is 15.2. The molecule has 0 aliphatic heterocycles. The van der Waals surface area contributed by atoms with Crippen LogP contribution in [0.3, 0.4) is 0 Å². The third-order valence-corrected chi connectivity index (χ3v) is 5.95. The molecular formula is C22H18ClF7N2O7. The van der Waals surface area contributed by atoms with Gasteiger partial charge in [0, 0.05) is 19.2 Å². The van der Waals surface area contributed by atoms with Crippen molar-refractivity contribution in [3.05, 3.63) is 55.6 Å². The number of nitrogens with zero attached hydrogens (tertiary/aromatic N) is 2. The molecule has 1 fully saturated rings. The van der Waals surface area contributed by atoms with Crippen LogP contribution in [-0.4, -0.2) is 46.1 Å². The Morgan fingerprint density at radius 2 is 1.64 bits per heavy atom. The predicted octanol–water partition coefficient (Wildman–Crippen LogP) is 3.69. The zero-order chi connectivity index (χ0) is 29.3. The first-order chi connectivity index (χ1) is 17.9. The first kappa shape index (κ1) is 30.0. The minimum absolute atomic E-state index is 0.0333. The van der Waals surface area contributed by atoms with E-state index >= 15 is 0 Å². The molecule has 0 radical (unpaired) electrons. The number of ether oxygens (including phenoxy) is 3. The molecule has 0 atom stereocenters. The molecule has 17 heteroatoms. The fourth-order valence-electron chi connectivity index (χ4n) is 3.85. The fourth-order valence-corrected chi connectivity index (χ4v) is 4.04. The van der Waals surface area contributed by atoms with E-state index < -0.39 is 82.3 Å². The Hall–Kier alpha value is -3.56. The maximum atomic E-state index is 14.8. The van der Waals surface area contributed by atoms with Crippen molar-refractivity contribution in [2.45, 2.75) is 43.6 Å². The average molecular weight is 591 g/mol. The maximum absolute atomic E-state index is 14.8. The molecule has 0 bridgehead atoms. The van der Waals surface area contributed by atoms with E-state index in [1.807, 2.05) is 0 Å². The molecule has 1 aromatic carbocycles. The van der Waals surface area contributed by atoms with Gasteiger partial charge in [-0.1, -0.05) is 11.6 Å². The van der Waals surface area contributed by atoms with Crippen LogP contribution in [0.2, 0.25) is 5.02 Å². The molecule has 9 nitrogen and oxygen atoms in total. The molecule has 3 rings (SSSR count). The summed E-state index contributed by atoms with van der Waals surface area (Å²) in [5, 5.41) is -0.461. The summed E-state index contributed by atoms with van der Waals surface area (Å²) in [5.41, 5.74) is -7.34. The van der Waals surface area contributed by atoms with Crippen LogP contribution in [0.5, 0.6) is 5.75 Å². The van der Waals surface area contributed by atoms with Crippen molar-refractivity contribution in [1.29, 1.82) is 0 Å². The summed E-state index contributed by atoms with van der Waals surface area (Å²) in [7, 11) is 0.718. The van der Waals surface area contributed by atoms with Crippen molar-refractivity contribution in [3.63, 3.8) is 0 Å². The lowest BCUT2D eigenvalue weighted by molar-refractivity contribution is -0.191. The number of hydrogen-bond acceptors (Lipinski definition) is 7. The summed E-state index contributed by atoms with van der Waals surface area (Å²) >= 11 is 6.02. The van der Waals surface area contributed by atoms with Gasteiger partial charge < -0.3 is 14.2 Å². The fraction of sp³-hybridized carbons (Fsp3) is 0.455. The number of carbonyl (C=O) groups is 2. The summed E-state index contributed by atoms with van der Waals surface area (Å²) in [6, 6.07) is 1.40. The molecule has 1 aliphatic rings. The molecule has 1 aliphatic carbocycles. The van der Waals surface area contributed by atoms with Gasteiger partial charge in [-0.3, -0.25) is 9.36 Å². The monoisotopic (exact) mass is 590 g/mol. The Morgan fingerprint density at radius 3 is 2.21 bits per heavy atom. The van der Waals surface area contributed by atoms with Crippen LogP contribution in [0.15, 0.2) is 27.8 Å². The van der Waals surface area contributed by atoms with E-state index in [9.17, 15) is 49.9 Å². The lowest BCUT2D eigenvalue weighted by atomic mass is 10.0. The largest absolute Gasteiger partial charge is 0.474 e. The summed E-state index contributed by atoms with van der Waals surface area (Å²) in [6.07, 6.45) is -9.16. The zero-order valence-corrected chi connectivity index (χ0v) is 20.5. The standard InChI is InChI=1S/C22H18ClF7N2O7/c1-31-15(22(28,29)30)8-16(33)32(19(31)36)13-7-14(11(23)6-12(13)24)39-20(4-2-3-5-20)18(35)37-9-17(34)38-10-21(25,26)27/h6-8H,2-5,9-10H2,1H3. The molecule has 1 heterocycles. The van der Waals surface area contributed by atoms with Gasteiger partial charge in [0.25, 0.3) is 5.56 Å². The Labute approximate surface area is 218 Å². The van der Waals surface area contributed by atoms with E-state index in [4.69, 9.17) is 21.1 Å². The number of aromatic nitrogens is 2. The quantitative estimate of drug-likeness (QED) is 0.358. The van der Waals surface area contributed by atoms with E-state index in [1.165, 1.54) is 0 Å². The third-order valence-electron chi connectivity index (χ3n) is 5.66. The topological polar surface area (TPSA) is 106 Å². The number of benzene rings is 1. The molecule has 0 unspecified atom stereocenters. The average Bonchev–Trinajstić information content (AvgIpc) is 3.30. The molecule has 214 valence electrons. The second kappa shape index (κ2) is 10.9. The van der Waals surface area contributed by atoms with Crippen LogP contribution >= 0.6 is 11.6 Å². The van der Waals surface area contributed by atoms with Crippen LogP contribution in [0, 0.1) is 5.82 Å². The molecule has 39 heavy (non-hydrogen) atoms. The first-order valence-corrected chi connectivity index (χ1v) is 11.3. The SMILES string of the molecule is Cn1c(C(F)(F)F)cc(=O)n(-c2cc(OC3(C(=O)OCC(=O)OCC(F)(F)F)CCCC3)c(Cl)cc2F)c1=O. The highest BCUT2D eigenvalue weighted by Gasteiger charge is 2.46. The highest BCUT2D eigenvalue weighted by molar-refractivity contribution is 6.32. The van der Waals surface area contributed by atoms with Crippen molar-refractivity contribution in [1.82, 2.24) is 9.13 Å². The highest BCUT2D eigenvalue weighted by Crippen LogP contribution is 2.39. The first-order valence-electron chi connectivity index (χ1n) is 10.9. The summed E-state index contributed by atoms with van der Waals surface area (Å²) in [6.45, 7) is -3.08. The lowest BCUT2D eigenvalue weighted by Crippen LogP contribution is -2.44. The van der Waals surface area contributed by atoms with E-state index in [-0.39, 0.29) is 28.0 Å². The number of hydrogen-bond donors (Lipinski definition) is 0. The van der Waals surface area contributed by atoms with E-state index in [0.29, 0.717) is 18.9 Å². The van der Waals surface area contributed by atoms with Gasteiger partial charge in [-0.15, -0.1) is 0 Å². The van der Waals surface area contributed by atoms with Gasteiger partial charge >= 0.3 is 30.0 Å². The lowest BCUT2D eigenvalue weighted by Gasteiger charge is -2.28. The minimum atomic E-state index is -5.06. The summed E-state index contributed by atoms with van der Waals surface area (Å²) in [4.78, 5) is 49.3. The molecule has 0 N–H and O–H groups in total. The van der Waals surface area contributed by atoms with Gasteiger partial charge in [-0.2, -0.15) is 26.3 Å². The number of alkyl halides is 6. The van der Waals surface area contributed by atoms with Crippen molar-refractivity contribution in [3.8, 4) is 11.4 Å². The van der Waals surface area contributed by atoms with Crippen molar-refractivity contribution in [2.75, 3.05) is 13.2 Å². The minimum Gasteiger partial charge on any atom is -0.474 e. The number of carbonyl (C=O) groups excluding carboxylic acids is 2. The van der Waals surface area contributed by atoms with Gasteiger partial charge in [0.15, 0.2) is 13.2 Å². The summed E-state index contributed by atoms with van der Waals surface area (Å²) in [5.74, 6) is -4.44. The van der Waals surface area contributed by atoms with Gasteiger partial charge in [0.2, 0.25) is 5.60 Å². The number of halogens is 8. The maximum Gasteiger partial charge on any atom is 0.431 e. The van der Waals surface area contributed by atoms with Crippen LogP contribution < -0.4 is 16.0 Å². The molecule has 1 aromatic heterocycles. The highest BCUT2D eigenvalue weighted by atomic mass is 35.5. The second-order valence-corrected chi connectivity index (χ2v) is 8.84. The van der Waals surface area contributed by atoms with Gasteiger partial charge in [-0.05, 0) is 31.7 Å². The van der Waals surface area contributed by atoms with Gasteiger partial charge in [0.1, 0.15) is 17.3 Å². The van der Waals surface area contributed by atoms with Crippen molar-refractivity contribution in [2.24, 2.45) is 7.05 Å². The van der Waals surface area contributed by atoms with Gasteiger partial charge in [0.05, 0.1) is 10.7 Å². The number of rotatable bonds is 7. The molecule has 0 amide bonds. The van der Waals surface area contributed by atoms with Gasteiger partial charge in [-0.25, -0.2) is 23.3 Å². The van der Waals surface area contributed by atoms with Crippen LogP contribution in [-0.2, 0) is 32.3 Å². The Balaban J connectivity index is 1.94. The van der Waals surface area contributed by atoms with Crippen molar-refractivity contribution < 1.29 is 54.5 Å². The molecule has 0 saturated heterocycles. The van der Waals surface area contributed by atoms with Crippen LogP contribution in [0.25, 0.3) is 5.69 Å². The molecule has 0 spiro atoms. The number of esters is 2. The third kappa shape index (κ3) is 6.72. The van der Waals surface area contributed by atoms with Crippen LogP contribution in [0.4, 0.5) is 30.7 Å². The van der Waals surface area contributed by atoms with E-state index in [0.717, 1.165) is 13.1 Å². The smallest absolute Gasteiger partial charge is 0.431 e. The zero-order valence-electron chi connectivity index (χ0n) is 19.8. The van der Waals surface area contributed by atoms with Crippen molar-refractivity contribution >= 4 is 23.5 Å². The molecule has 1 saturated carbocycles. The Morgan fingerprint density at radius 1 is 1.03 bits per heavy atom. The van der Waals surface area contributed by atoms with E-state index in [2.05, 4.69) is 4.74 Å². The van der Waals surface area contributed by atoms with Crippen LogP contribution in [0.1, 0.15) is 31.4 Å². The second-order valence-electron chi connectivity index (χ2n) is 8.43. The summed E-state index contributed by atoms with van der Waals surface area (Å²) < 4.78 is 105. The Kier molecular flexibility index (Phi) is 8.38. The van der Waals surface area contributed by atoms with E-state index in [1.54, 1.807) is 0 Å². The predicted molar refractivity (Wildman–Crippen MR) is 117 cm³/mol. The molecular weight excluding hydrogens is 573 g/mol. The Bertz CT molecular complexity index is 1390.